The Balaban J connectivity index is 3.35. The first-order chi connectivity index (χ1) is 8.18. The maximum absolute atomic E-state index is 13.5. The van der Waals surface area contributed by atoms with Gasteiger partial charge in [-0.25, -0.2) is 4.39 Å². The van der Waals surface area contributed by atoms with Gasteiger partial charge in [-0.3, -0.25) is 4.79 Å². The van der Waals surface area contributed by atoms with E-state index >= 15 is 0 Å². The number of methoxy groups -OCH3 is 1. The highest BCUT2D eigenvalue weighted by molar-refractivity contribution is 6.30. The van der Waals surface area contributed by atoms with Crippen LogP contribution in [0.1, 0.15) is 17.2 Å². The van der Waals surface area contributed by atoms with Gasteiger partial charge < -0.3 is 10.5 Å². The van der Waals surface area contributed by atoms with Crippen LogP contribution >= 0.6 is 11.6 Å². The molecule has 0 aliphatic heterocycles. The molecule has 0 aliphatic carbocycles. The molecule has 0 spiro atoms. The van der Waals surface area contributed by atoms with Crippen LogP contribution in [0.15, 0.2) is 12.1 Å². The molecule has 0 saturated carbocycles. The molecule has 0 unspecified atom stereocenters. The molecule has 1 aromatic carbocycles. The summed E-state index contributed by atoms with van der Waals surface area (Å²) < 4.78 is 55.2. The van der Waals surface area contributed by atoms with Gasteiger partial charge in [-0.1, -0.05) is 11.6 Å². The topological polar surface area (TPSA) is 52.3 Å². The zero-order valence-corrected chi connectivity index (χ0v) is 9.77. The molecule has 8 heteroatoms. The Morgan fingerprint density at radius 2 is 2.00 bits per heavy atom. The third-order valence-corrected chi connectivity index (χ3v) is 2.45. The summed E-state index contributed by atoms with van der Waals surface area (Å²) in [6, 6.07) is -0.817. The average molecular weight is 286 g/mol. The Bertz CT molecular complexity index is 476. The third kappa shape index (κ3) is 2.91. The Morgan fingerprint density at radius 1 is 1.44 bits per heavy atom. The molecule has 3 nitrogen and oxygen atoms in total. The van der Waals surface area contributed by atoms with Crippen LogP contribution in [0, 0.1) is 5.82 Å². The van der Waals surface area contributed by atoms with E-state index in [4.69, 9.17) is 17.3 Å². The third-order valence-electron chi connectivity index (χ3n) is 2.17. The zero-order valence-electron chi connectivity index (χ0n) is 9.02. The number of nitrogens with two attached hydrogens (primary N) is 1. The summed E-state index contributed by atoms with van der Waals surface area (Å²) in [5.74, 6) is -2.24. The fourth-order valence-corrected chi connectivity index (χ4v) is 1.48. The SMILES string of the molecule is COC(=O)[C@@H](N)c1cc(C(F)(F)F)cc(Cl)c1F. The van der Waals surface area contributed by atoms with Crippen molar-refractivity contribution >= 4 is 17.6 Å². The number of alkyl halides is 3. The molecule has 0 bridgehead atoms. The fourth-order valence-electron chi connectivity index (χ4n) is 1.25. The number of carbonyl (C=O) groups excluding carboxylic acids is 1. The first-order valence-electron chi connectivity index (χ1n) is 4.58. The Hall–Kier alpha value is -1.34. The van der Waals surface area contributed by atoms with Crippen LogP contribution in [0.2, 0.25) is 5.02 Å². The van der Waals surface area contributed by atoms with Gasteiger partial charge in [0.15, 0.2) is 0 Å². The van der Waals surface area contributed by atoms with Crippen LogP contribution in [0.5, 0.6) is 0 Å². The van der Waals surface area contributed by atoms with E-state index in [9.17, 15) is 22.4 Å². The van der Waals surface area contributed by atoms with Crippen LogP contribution in [0.25, 0.3) is 0 Å². The van der Waals surface area contributed by atoms with E-state index in [1.165, 1.54) is 0 Å². The lowest BCUT2D eigenvalue weighted by Crippen LogP contribution is -2.24. The van der Waals surface area contributed by atoms with E-state index in [0.29, 0.717) is 12.1 Å². The van der Waals surface area contributed by atoms with Gasteiger partial charge in [-0.15, -0.1) is 0 Å². The molecule has 100 valence electrons. The standard InChI is InChI=1S/C10H8ClF4NO2/c1-18-9(17)8(16)5-2-4(10(13,14)15)3-6(11)7(5)12/h2-3,8H,16H2,1H3/t8-/m0/s1. The Labute approximate surface area is 104 Å². The number of rotatable bonds is 2. The van der Waals surface area contributed by atoms with Gasteiger partial charge >= 0.3 is 12.1 Å². The fraction of sp³-hybridized carbons (Fsp3) is 0.300. The van der Waals surface area contributed by atoms with Crippen LogP contribution in [-0.4, -0.2) is 13.1 Å². The smallest absolute Gasteiger partial charge is 0.416 e. The molecule has 0 heterocycles. The summed E-state index contributed by atoms with van der Waals surface area (Å²) >= 11 is 5.33. The molecular formula is C10H8ClF4NO2. The van der Waals surface area contributed by atoms with Crippen LogP contribution in [0.4, 0.5) is 17.6 Å². The van der Waals surface area contributed by atoms with E-state index in [0.717, 1.165) is 7.11 Å². The average Bonchev–Trinajstić information content (AvgIpc) is 2.29. The largest absolute Gasteiger partial charge is 0.468 e. The summed E-state index contributed by atoms with van der Waals surface area (Å²) in [5, 5.41) is -0.765. The monoisotopic (exact) mass is 285 g/mol. The molecular weight excluding hydrogens is 278 g/mol. The molecule has 0 saturated heterocycles. The first kappa shape index (κ1) is 14.7. The summed E-state index contributed by atoms with van der Waals surface area (Å²) in [7, 11) is 0.981. The van der Waals surface area contributed by atoms with E-state index in [1.54, 1.807) is 0 Å². The van der Waals surface area contributed by atoms with E-state index in [-0.39, 0.29) is 0 Å². The number of benzene rings is 1. The van der Waals surface area contributed by atoms with Crippen LogP contribution in [-0.2, 0) is 15.7 Å². The second kappa shape index (κ2) is 5.11. The minimum absolute atomic E-state index is 0.421. The lowest BCUT2D eigenvalue weighted by atomic mass is 10.0. The maximum Gasteiger partial charge on any atom is 0.416 e. The van der Waals surface area contributed by atoms with Gasteiger partial charge in [0.2, 0.25) is 0 Å². The summed E-state index contributed by atoms with van der Waals surface area (Å²) in [6.45, 7) is 0. The quantitative estimate of drug-likeness (QED) is 0.671. The van der Waals surface area contributed by atoms with Crippen molar-refractivity contribution in [2.24, 2.45) is 5.73 Å². The predicted molar refractivity (Wildman–Crippen MR) is 55.4 cm³/mol. The number of hydrogen-bond donors (Lipinski definition) is 1. The lowest BCUT2D eigenvalue weighted by Gasteiger charge is -2.14. The highest BCUT2D eigenvalue weighted by atomic mass is 35.5. The first-order valence-corrected chi connectivity index (χ1v) is 4.95. The molecule has 0 fully saturated rings. The van der Waals surface area contributed by atoms with Crippen molar-refractivity contribution in [2.45, 2.75) is 12.2 Å². The van der Waals surface area contributed by atoms with Crippen molar-refractivity contribution < 1.29 is 27.1 Å². The molecule has 1 aromatic rings. The summed E-state index contributed by atoms with van der Waals surface area (Å²) in [6.07, 6.45) is -4.72. The number of halogens is 5. The van der Waals surface area contributed by atoms with Gasteiger partial charge in [0.25, 0.3) is 0 Å². The molecule has 0 amide bonds. The van der Waals surface area contributed by atoms with E-state index < -0.39 is 40.2 Å². The van der Waals surface area contributed by atoms with Gasteiger partial charge in [-0.05, 0) is 12.1 Å². The van der Waals surface area contributed by atoms with Gasteiger partial charge in [0.1, 0.15) is 11.9 Å². The summed E-state index contributed by atoms with van der Waals surface area (Å²) in [4.78, 5) is 11.1. The number of ether oxygens (including phenoxy) is 1. The van der Waals surface area contributed by atoms with Crippen molar-refractivity contribution in [1.82, 2.24) is 0 Å². The molecule has 1 rings (SSSR count). The van der Waals surface area contributed by atoms with Crippen molar-refractivity contribution in [2.75, 3.05) is 7.11 Å². The Morgan fingerprint density at radius 3 is 2.44 bits per heavy atom. The maximum atomic E-state index is 13.5. The molecule has 0 radical (unpaired) electrons. The predicted octanol–water partition coefficient (Wildman–Crippen LogP) is 2.67. The Kier molecular flexibility index (Phi) is 4.18. The number of hydrogen-bond acceptors (Lipinski definition) is 3. The van der Waals surface area contributed by atoms with Crippen LogP contribution in [0.3, 0.4) is 0 Å². The lowest BCUT2D eigenvalue weighted by molar-refractivity contribution is -0.143. The zero-order chi connectivity index (χ0) is 14.1. The molecule has 0 aromatic heterocycles. The highest BCUT2D eigenvalue weighted by Crippen LogP contribution is 2.34. The molecule has 2 N–H and O–H groups in total. The summed E-state index contributed by atoms with van der Waals surface area (Å²) in [5.41, 5.74) is 3.43. The molecule has 1 atom stereocenters. The van der Waals surface area contributed by atoms with Crippen molar-refractivity contribution in [3.05, 3.63) is 34.1 Å². The van der Waals surface area contributed by atoms with E-state index in [1.807, 2.05) is 0 Å². The minimum Gasteiger partial charge on any atom is -0.468 e. The van der Waals surface area contributed by atoms with Crippen molar-refractivity contribution in [3.63, 3.8) is 0 Å². The van der Waals surface area contributed by atoms with Crippen LogP contribution < -0.4 is 5.73 Å². The molecule has 18 heavy (non-hydrogen) atoms. The highest BCUT2D eigenvalue weighted by Gasteiger charge is 2.34. The normalized spacial score (nSPS) is 13.3. The molecule has 0 aliphatic rings. The number of carbonyl (C=O) groups is 1. The van der Waals surface area contributed by atoms with Crippen molar-refractivity contribution in [1.29, 1.82) is 0 Å². The van der Waals surface area contributed by atoms with Gasteiger partial charge in [0.05, 0.1) is 17.7 Å². The van der Waals surface area contributed by atoms with E-state index in [2.05, 4.69) is 4.74 Å². The van der Waals surface area contributed by atoms with Crippen molar-refractivity contribution in [3.8, 4) is 0 Å². The van der Waals surface area contributed by atoms with Gasteiger partial charge in [0, 0.05) is 5.56 Å². The minimum atomic E-state index is -4.72. The second-order valence-corrected chi connectivity index (χ2v) is 3.77. The van der Waals surface area contributed by atoms with Gasteiger partial charge in [-0.2, -0.15) is 13.2 Å². The number of esters is 1. The second-order valence-electron chi connectivity index (χ2n) is 3.36.